The average molecular weight is 151 g/mol. The van der Waals surface area contributed by atoms with Gasteiger partial charge in [-0.25, -0.2) is 0 Å². The van der Waals surface area contributed by atoms with Crippen LogP contribution in [0.1, 0.15) is 5.56 Å². The van der Waals surface area contributed by atoms with Crippen LogP contribution >= 0.6 is 0 Å². The second-order valence-electron chi connectivity index (χ2n) is 2.24. The Bertz CT molecular complexity index is 271. The summed E-state index contributed by atoms with van der Waals surface area (Å²) in [7, 11) is 0. The predicted molar refractivity (Wildman–Crippen MR) is 42.3 cm³/mol. The lowest BCUT2D eigenvalue weighted by molar-refractivity contribution is -0.120. The van der Waals surface area contributed by atoms with Crippen LogP contribution in [0.3, 0.4) is 0 Å². The monoisotopic (exact) mass is 151 g/mol. The summed E-state index contributed by atoms with van der Waals surface area (Å²) in [6, 6.07) is 5.17. The van der Waals surface area contributed by atoms with Crippen molar-refractivity contribution in [1.82, 2.24) is 0 Å². The summed E-state index contributed by atoms with van der Waals surface area (Å²) in [6.45, 7) is 2.24. The molecule has 0 saturated heterocycles. The molecule has 3 heteroatoms. The van der Waals surface area contributed by atoms with Gasteiger partial charge in [0.15, 0.2) is 0 Å². The summed E-state index contributed by atoms with van der Waals surface area (Å²) in [6.07, 6.45) is 0. The van der Waals surface area contributed by atoms with Gasteiger partial charge in [-0.05, 0) is 18.6 Å². The molecule has 0 atom stereocenters. The summed E-state index contributed by atoms with van der Waals surface area (Å²) in [5, 5.41) is 0. The third kappa shape index (κ3) is 1.70. The van der Waals surface area contributed by atoms with Crippen molar-refractivity contribution in [3.05, 3.63) is 23.8 Å². The van der Waals surface area contributed by atoms with Crippen LogP contribution in [-0.2, 0) is 4.79 Å². The Morgan fingerprint density at radius 2 is 2.27 bits per heavy atom. The van der Waals surface area contributed by atoms with Crippen molar-refractivity contribution in [3.8, 4) is 5.75 Å². The number of carbonyl (C=O) groups is 1. The van der Waals surface area contributed by atoms with Crippen LogP contribution < -0.4 is 10.5 Å². The smallest absolute Gasteiger partial charge is 0.298 e. The zero-order chi connectivity index (χ0) is 8.27. The van der Waals surface area contributed by atoms with Crippen LogP contribution in [-0.4, -0.2) is 6.47 Å². The Kier molecular flexibility index (Phi) is 2.11. The normalized spacial score (nSPS) is 9.18. The van der Waals surface area contributed by atoms with Crippen LogP contribution in [0.2, 0.25) is 0 Å². The first kappa shape index (κ1) is 7.60. The second kappa shape index (κ2) is 3.05. The SMILES string of the molecule is Cc1ccc(N)cc1OC=O. The minimum absolute atomic E-state index is 0.391. The van der Waals surface area contributed by atoms with Gasteiger partial charge in [0.1, 0.15) is 5.75 Å². The van der Waals surface area contributed by atoms with Crippen molar-refractivity contribution in [2.24, 2.45) is 0 Å². The Balaban J connectivity index is 3.01. The average Bonchev–Trinajstić information content (AvgIpc) is 1.98. The summed E-state index contributed by atoms with van der Waals surface area (Å²) < 4.78 is 4.66. The maximum atomic E-state index is 9.97. The molecule has 0 heterocycles. The maximum Gasteiger partial charge on any atom is 0.298 e. The second-order valence-corrected chi connectivity index (χ2v) is 2.24. The fourth-order valence-corrected chi connectivity index (χ4v) is 0.795. The molecular formula is C8H9NO2. The van der Waals surface area contributed by atoms with Crippen molar-refractivity contribution in [2.45, 2.75) is 6.92 Å². The highest BCUT2D eigenvalue weighted by molar-refractivity contribution is 5.53. The predicted octanol–water partition coefficient (Wildman–Crippen LogP) is 1.11. The maximum absolute atomic E-state index is 9.97. The van der Waals surface area contributed by atoms with Crippen LogP contribution in [0.5, 0.6) is 5.75 Å². The van der Waals surface area contributed by atoms with E-state index in [2.05, 4.69) is 4.74 Å². The number of nitrogen functional groups attached to an aromatic ring is 1. The van der Waals surface area contributed by atoms with Crippen LogP contribution in [0.4, 0.5) is 5.69 Å². The molecule has 0 fully saturated rings. The fraction of sp³-hybridized carbons (Fsp3) is 0.125. The summed E-state index contributed by atoms with van der Waals surface area (Å²) in [5.41, 5.74) is 6.95. The van der Waals surface area contributed by atoms with Gasteiger partial charge >= 0.3 is 0 Å². The van der Waals surface area contributed by atoms with Crippen molar-refractivity contribution in [2.75, 3.05) is 5.73 Å². The van der Waals surface area contributed by atoms with E-state index in [1.807, 2.05) is 6.92 Å². The van der Waals surface area contributed by atoms with Crippen LogP contribution in [0.25, 0.3) is 0 Å². The highest BCUT2D eigenvalue weighted by Crippen LogP contribution is 2.19. The number of anilines is 1. The van der Waals surface area contributed by atoms with E-state index in [1.165, 1.54) is 0 Å². The molecule has 1 aromatic rings. The number of nitrogens with two attached hydrogens (primary N) is 1. The molecule has 0 aliphatic carbocycles. The summed E-state index contributed by atoms with van der Waals surface area (Å²) in [4.78, 5) is 9.97. The molecule has 0 unspecified atom stereocenters. The quantitative estimate of drug-likeness (QED) is 0.509. The number of aryl methyl sites for hydroxylation is 1. The number of ether oxygens (including phenoxy) is 1. The van der Waals surface area contributed by atoms with Crippen LogP contribution in [0.15, 0.2) is 18.2 Å². The lowest BCUT2D eigenvalue weighted by Crippen LogP contribution is -1.93. The van der Waals surface area contributed by atoms with Gasteiger partial charge in [-0.3, -0.25) is 4.79 Å². The van der Waals surface area contributed by atoms with Crippen molar-refractivity contribution < 1.29 is 9.53 Å². The number of hydrogen-bond donors (Lipinski definition) is 1. The van der Waals surface area contributed by atoms with Gasteiger partial charge in [0.25, 0.3) is 6.47 Å². The van der Waals surface area contributed by atoms with E-state index < -0.39 is 0 Å². The first-order valence-corrected chi connectivity index (χ1v) is 3.20. The first-order chi connectivity index (χ1) is 5.24. The van der Waals surface area contributed by atoms with Crippen LogP contribution in [0, 0.1) is 6.92 Å². The molecular weight excluding hydrogens is 142 g/mol. The Hall–Kier alpha value is -1.51. The highest BCUT2D eigenvalue weighted by Gasteiger charge is 1.97. The molecule has 0 amide bonds. The molecule has 0 saturated carbocycles. The fourth-order valence-electron chi connectivity index (χ4n) is 0.795. The third-order valence-electron chi connectivity index (χ3n) is 1.39. The molecule has 2 N–H and O–H groups in total. The number of carbonyl (C=O) groups excluding carboxylic acids is 1. The van der Waals surface area contributed by atoms with Gasteiger partial charge < -0.3 is 10.5 Å². The van der Waals surface area contributed by atoms with Gasteiger partial charge in [0.2, 0.25) is 0 Å². The van der Waals surface area contributed by atoms with E-state index in [-0.39, 0.29) is 0 Å². The largest absolute Gasteiger partial charge is 0.428 e. The van der Waals surface area contributed by atoms with Crippen molar-refractivity contribution in [1.29, 1.82) is 0 Å². The lowest BCUT2D eigenvalue weighted by Gasteiger charge is -2.02. The number of benzene rings is 1. The highest BCUT2D eigenvalue weighted by atomic mass is 16.5. The summed E-state index contributed by atoms with van der Waals surface area (Å²) >= 11 is 0. The zero-order valence-electron chi connectivity index (χ0n) is 6.20. The number of hydrogen-bond acceptors (Lipinski definition) is 3. The van der Waals surface area contributed by atoms with Gasteiger partial charge in [0, 0.05) is 11.8 Å². The standard InChI is InChI=1S/C8H9NO2/c1-6-2-3-7(9)4-8(6)11-5-10/h2-5H,9H2,1H3. The van der Waals surface area contributed by atoms with Gasteiger partial charge in [0.05, 0.1) is 0 Å². The lowest BCUT2D eigenvalue weighted by atomic mass is 10.2. The van der Waals surface area contributed by atoms with E-state index in [0.717, 1.165) is 5.56 Å². The Labute approximate surface area is 64.8 Å². The van der Waals surface area contributed by atoms with E-state index >= 15 is 0 Å². The molecule has 3 nitrogen and oxygen atoms in total. The minimum Gasteiger partial charge on any atom is -0.428 e. The van der Waals surface area contributed by atoms with Gasteiger partial charge in [-0.15, -0.1) is 0 Å². The molecule has 0 aliphatic heterocycles. The molecule has 0 spiro atoms. The van der Waals surface area contributed by atoms with E-state index in [1.54, 1.807) is 18.2 Å². The molecule has 11 heavy (non-hydrogen) atoms. The topological polar surface area (TPSA) is 52.3 Å². The van der Waals surface area contributed by atoms with E-state index in [4.69, 9.17) is 5.73 Å². The molecule has 58 valence electrons. The minimum atomic E-state index is 0.391. The summed E-state index contributed by atoms with van der Waals surface area (Å²) in [5.74, 6) is 0.514. The van der Waals surface area contributed by atoms with E-state index in [9.17, 15) is 4.79 Å². The number of rotatable bonds is 2. The molecule has 1 aromatic carbocycles. The molecule has 1 rings (SSSR count). The van der Waals surface area contributed by atoms with Gasteiger partial charge in [-0.1, -0.05) is 6.07 Å². The first-order valence-electron chi connectivity index (χ1n) is 3.20. The zero-order valence-corrected chi connectivity index (χ0v) is 6.20. The molecule has 0 aliphatic rings. The van der Waals surface area contributed by atoms with Crippen molar-refractivity contribution in [3.63, 3.8) is 0 Å². The molecule has 0 radical (unpaired) electrons. The Morgan fingerprint density at radius 3 is 2.91 bits per heavy atom. The third-order valence-corrected chi connectivity index (χ3v) is 1.39. The van der Waals surface area contributed by atoms with Gasteiger partial charge in [-0.2, -0.15) is 0 Å². The molecule has 0 bridgehead atoms. The van der Waals surface area contributed by atoms with E-state index in [0.29, 0.717) is 17.9 Å². The van der Waals surface area contributed by atoms with Crippen molar-refractivity contribution >= 4 is 12.2 Å². The molecule has 0 aromatic heterocycles. The Morgan fingerprint density at radius 1 is 1.55 bits per heavy atom.